The number of nitrogens with zero attached hydrogens (tertiary/aromatic N) is 2. The van der Waals surface area contributed by atoms with Gasteiger partial charge in [0.1, 0.15) is 12.1 Å². The zero-order valence-corrected chi connectivity index (χ0v) is 11.7. The second-order valence-corrected chi connectivity index (χ2v) is 4.55. The highest BCUT2D eigenvalue weighted by atomic mass is 16.5. The van der Waals surface area contributed by atoms with Gasteiger partial charge in [-0.25, -0.2) is 0 Å². The molecule has 1 N–H and O–H groups in total. The highest BCUT2D eigenvalue weighted by molar-refractivity contribution is 5.57. The van der Waals surface area contributed by atoms with E-state index >= 15 is 0 Å². The van der Waals surface area contributed by atoms with E-state index in [-0.39, 0.29) is 6.04 Å². The Morgan fingerprint density at radius 1 is 1.05 bits per heavy atom. The van der Waals surface area contributed by atoms with E-state index in [1.54, 1.807) is 25.3 Å². The molecule has 2 aromatic rings. The lowest BCUT2D eigenvalue weighted by molar-refractivity contribution is 0.186. The molecule has 0 spiro atoms. The number of hydrogen-bond donors (Lipinski definition) is 1. The molecule has 1 atom stereocenters. The van der Waals surface area contributed by atoms with Crippen LogP contribution in [0.25, 0.3) is 0 Å². The van der Waals surface area contributed by atoms with Gasteiger partial charge in [0.15, 0.2) is 0 Å². The Labute approximate surface area is 124 Å². The average Bonchev–Trinajstić information content (AvgIpc) is 2.55. The third kappa shape index (κ3) is 3.60. The van der Waals surface area contributed by atoms with Crippen LogP contribution in [0.1, 0.15) is 22.7 Å². The van der Waals surface area contributed by atoms with Crippen LogP contribution in [0.15, 0.2) is 48.5 Å². The van der Waals surface area contributed by atoms with Gasteiger partial charge in [-0.05, 0) is 23.8 Å². The van der Waals surface area contributed by atoms with Crippen LogP contribution in [0, 0.1) is 22.7 Å². The quantitative estimate of drug-likeness (QED) is 0.911. The summed E-state index contributed by atoms with van der Waals surface area (Å²) in [5.74, 6) is 0. The van der Waals surface area contributed by atoms with Gasteiger partial charge in [0.05, 0.1) is 23.8 Å². The lowest BCUT2D eigenvalue weighted by Crippen LogP contribution is -2.16. The van der Waals surface area contributed by atoms with Crippen molar-refractivity contribution in [2.75, 3.05) is 19.0 Å². The largest absolute Gasteiger partial charge is 0.382 e. The molecule has 0 saturated heterocycles. The molecule has 0 radical (unpaired) electrons. The maximum atomic E-state index is 9.07. The maximum absolute atomic E-state index is 9.07. The van der Waals surface area contributed by atoms with E-state index in [1.807, 2.05) is 42.5 Å². The van der Waals surface area contributed by atoms with E-state index in [1.165, 1.54) is 0 Å². The molecular weight excluding hydrogens is 262 g/mol. The maximum Gasteiger partial charge on any atom is 0.101 e. The molecule has 0 saturated carbocycles. The molecule has 21 heavy (non-hydrogen) atoms. The molecule has 0 aliphatic carbocycles. The standard InChI is InChI=1S/C17H15N3O/c1-21-12-17(13-5-3-2-4-6-13)20-16-8-7-14(10-18)15(9-16)11-19/h2-9,17,20H,12H2,1H3. The number of benzene rings is 2. The Hall–Kier alpha value is -2.82. The van der Waals surface area contributed by atoms with Crippen LogP contribution >= 0.6 is 0 Å². The molecule has 0 heterocycles. The summed E-state index contributed by atoms with van der Waals surface area (Å²) in [5.41, 5.74) is 2.64. The SMILES string of the molecule is COCC(Nc1ccc(C#N)c(C#N)c1)c1ccccc1. The summed E-state index contributed by atoms with van der Waals surface area (Å²) in [7, 11) is 1.65. The number of nitriles is 2. The van der Waals surface area contributed by atoms with Crippen molar-refractivity contribution in [1.82, 2.24) is 0 Å². The van der Waals surface area contributed by atoms with Gasteiger partial charge >= 0.3 is 0 Å². The van der Waals surface area contributed by atoms with E-state index in [0.29, 0.717) is 17.7 Å². The van der Waals surface area contributed by atoms with Crippen molar-refractivity contribution in [2.24, 2.45) is 0 Å². The predicted molar refractivity (Wildman–Crippen MR) is 80.6 cm³/mol. The molecule has 4 heteroatoms. The Morgan fingerprint density at radius 3 is 2.38 bits per heavy atom. The Kier molecular flexibility index (Phi) is 4.93. The van der Waals surface area contributed by atoms with Crippen LogP contribution in [0.4, 0.5) is 5.69 Å². The summed E-state index contributed by atoms with van der Waals surface area (Å²) in [5, 5.41) is 21.4. The van der Waals surface area contributed by atoms with E-state index in [4.69, 9.17) is 15.3 Å². The first-order valence-electron chi connectivity index (χ1n) is 6.53. The summed E-state index contributed by atoms with van der Waals surface area (Å²) in [6.07, 6.45) is 0. The molecule has 0 aromatic heterocycles. The summed E-state index contributed by atoms with van der Waals surface area (Å²) in [4.78, 5) is 0. The minimum atomic E-state index is -0.0179. The molecule has 2 rings (SSSR count). The van der Waals surface area contributed by atoms with E-state index in [0.717, 1.165) is 11.3 Å². The zero-order valence-electron chi connectivity index (χ0n) is 11.7. The third-order valence-corrected chi connectivity index (χ3v) is 3.14. The fourth-order valence-corrected chi connectivity index (χ4v) is 2.10. The fourth-order valence-electron chi connectivity index (χ4n) is 2.10. The van der Waals surface area contributed by atoms with E-state index in [2.05, 4.69) is 5.32 Å². The lowest BCUT2D eigenvalue weighted by atomic mass is 10.1. The van der Waals surface area contributed by atoms with Crippen LogP contribution in [-0.2, 0) is 4.74 Å². The molecule has 0 bridgehead atoms. The number of rotatable bonds is 5. The van der Waals surface area contributed by atoms with Gasteiger partial charge in [0, 0.05) is 12.8 Å². The van der Waals surface area contributed by atoms with Crippen molar-refractivity contribution in [2.45, 2.75) is 6.04 Å². The van der Waals surface area contributed by atoms with Crippen LogP contribution < -0.4 is 5.32 Å². The fraction of sp³-hybridized carbons (Fsp3) is 0.176. The average molecular weight is 277 g/mol. The molecule has 0 aliphatic heterocycles. The number of anilines is 1. The van der Waals surface area contributed by atoms with Crippen LogP contribution in [0.5, 0.6) is 0 Å². The van der Waals surface area contributed by atoms with Gasteiger partial charge in [0.25, 0.3) is 0 Å². The lowest BCUT2D eigenvalue weighted by Gasteiger charge is -2.20. The molecule has 0 aliphatic rings. The number of methoxy groups -OCH3 is 1. The Morgan fingerprint density at radius 2 is 1.76 bits per heavy atom. The first-order chi connectivity index (χ1) is 10.3. The van der Waals surface area contributed by atoms with Crippen molar-refractivity contribution in [1.29, 1.82) is 10.5 Å². The molecule has 0 amide bonds. The monoisotopic (exact) mass is 277 g/mol. The number of hydrogen-bond acceptors (Lipinski definition) is 4. The summed E-state index contributed by atoms with van der Waals surface area (Å²) in [6.45, 7) is 0.506. The van der Waals surface area contributed by atoms with Crippen molar-refractivity contribution >= 4 is 5.69 Å². The Bertz CT molecular complexity index is 683. The molecule has 2 aromatic carbocycles. The first-order valence-corrected chi connectivity index (χ1v) is 6.53. The summed E-state index contributed by atoms with van der Waals surface area (Å²) >= 11 is 0. The minimum Gasteiger partial charge on any atom is -0.382 e. The molecule has 104 valence electrons. The van der Waals surface area contributed by atoms with Gasteiger partial charge in [0.2, 0.25) is 0 Å². The molecule has 4 nitrogen and oxygen atoms in total. The van der Waals surface area contributed by atoms with Crippen LogP contribution in [-0.4, -0.2) is 13.7 Å². The van der Waals surface area contributed by atoms with E-state index < -0.39 is 0 Å². The van der Waals surface area contributed by atoms with Crippen LogP contribution in [0.3, 0.4) is 0 Å². The summed E-state index contributed by atoms with van der Waals surface area (Å²) < 4.78 is 5.25. The van der Waals surface area contributed by atoms with Gasteiger partial charge in [-0.1, -0.05) is 30.3 Å². The van der Waals surface area contributed by atoms with Gasteiger partial charge < -0.3 is 10.1 Å². The van der Waals surface area contributed by atoms with Crippen LogP contribution in [0.2, 0.25) is 0 Å². The first kappa shape index (κ1) is 14.6. The topological polar surface area (TPSA) is 68.8 Å². The van der Waals surface area contributed by atoms with Gasteiger partial charge in [-0.2, -0.15) is 10.5 Å². The van der Waals surface area contributed by atoms with Crippen molar-refractivity contribution in [3.05, 3.63) is 65.2 Å². The molecule has 0 fully saturated rings. The van der Waals surface area contributed by atoms with Gasteiger partial charge in [-0.3, -0.25) is 0 Å². The highest BCUT2D eigenvalue weighted by Crippen LogP contribution is 2.22. The van der Waals surface area contributed by atoms with Crippen molar-refractivity contribution < 1.29 is 4.74 Å². The minimum absolute atomic E-state index is 0.0179. The Balaban J connectivity index is 2.26. The third-order valence-electron chi connectivity index (χ3n) is 3.14. The summed E-state index contributed by atoms with van der Waals surface area (Å²) in [6, 6.07) is 19.1. The smallest absolute Gasteiger partial charge is 0.101 e. The zero-order chi connectivity index (χ0) is 15.1. The van der Waals surface area contributed by atoms with Crippen molar-refractivity contribution in [3.63, 3.8) is 0 Å². The normalized spacial score (nSPS) is 11.2. The highest BCUT2D eigenvalue weighted by Gasteiger charge is 2.12. The van der Waals surface area contributed by atoms with Gasteiger partial charge in [-0.15, -0.1) is 0 Å². The predicted octanol–water partition coefficient (Wildman–Crippen LogP) is 3.23. The van der Waals surface area contributed by atoms with E-state index in [9.17, 15) is 0 Å². The molecular formula is C17H15N3O. The second-order valence-electron chi connectivity index (χ2n) is 4.55. The number of nitrogens with one attached hydrogen (secondary N) is 1. The second kappa shape index (κ2) is 7.09. The molecule has 1 unspecified atom stereocenters. The van der Waals surface area contributed by atoms with Crippen molar-refractivity contribution in [3.8, 4) is 12.1 Å². The number of ether oxygens (including phenoxy) is 1.